The number of aryl methyl sites for hydroxylation is 2. The Hall–Kier alpha value is -3.34. The van der Waals surface area contributed by atoms with E-state index in [4.69, 9.17) is 16.3 Å². The fourth-order valence-corrected chi connectivity index (χ4v) is 3.46. The predicted octanol–water partition coefficient (Wildman–Crippen LogP) is 3.37. The molecule has 0 aliphatic rings. The number of nitrogens with zero attached hydrogens (tertiary/aromatic N) is 3. The zero-order valence-electron chi connectivity index (χ0n) is 17.9. The number of hydrogen-bond donors (Lipinski definition) is 1. The van der Waals surface area contributed by atoms with Crippen molar-refractivity contribution in [1.82, 2.24) is 14.1 Å². The molecule has 1 aromatic carbocycles. The summed E-state index contributed by atoms with van der Waals surface area (Å²) in [5.74, 6) is -0.645. The summed E-state index contributed by atoms with van der Waals surface area (Å²) >= 11 is 5.91. The van der Waals surface area contributed by atoms with Crippen LogP contribution >= 0.6 is 11.6 Å². The quantitative estimate of drug-likeness (QED) is 0.579. The highest BCUT2D eigenvalue weighted by atomic mass is 35.5. The molecular formula is C21H20ClF3N4O4. The Morgan fingerprint density at radius 3 is 2.55 bits per heavy atom. The Morgan fingerprint density at radius 2 is 1.94 bits per heavy atom. The summed E-state index contributed by atoms with van der Waals surface area (Å²) in [5.41, 5.74) is -2.20. The van der Waals surface area contributed by atoms with Gasteiger partial charge in [0.1, 0.15) is 17.7 Å². The molecule has 0 spiro atoms. The number of ether oxygens (including phenoxy) is 1. The van der Waals surface area contributed by atoms with E-state index in [1.807, 2.05) is 6.92 Å². The van der Waals surface area contributed by atoms with Gasteiger partial charge in [-0.25, -0.2) is 14.3 Å². The van der Waals surface area contributed by atoms with Crippen molar-refractivity contribution >= 4 is 34.2 Å². The number of halogens is 4. The number of rotatable bonds is 6. The first-order chi connectivity index (χ1) is 15.5. The Bertz CT molecular complexity index is 1350. The number of fused-ring (bicyclic) bond motifs is 1. The second-order valence-corrected chi connectivity index (χ2v) is 7.48. The second kappa shape index (κ2) is 9.26. The molecule has 0 saturated heterocycles. The fourth-order valence-electron chi connectivity index (χ4n) is 3.30. The Kier molecular flexibility index (Phi) is 6.82. The maximum Gasteiger partial charge on any atom is 0.416 e. The smallest absolute Gasteiger partial charge is 0.416 e. The summed E-state index contributed by atoms with van der Waals surface area (Å²) in [7, 11) is 1.39. The molecule has 0 atom stereocenters. The zero-order valence-corrected chi connectivity index (χ0v) is 18.7. The van der Waals surface area contributed by atoms with Gasteiger partial charge >= 0.3 is 11.9 Å². The first kappa shape index (κ1) is 24.3. The van der Waals surface area contributed by atoms with Crippen molar-refractivity contribution in [2.24, 2.45) is 7.05 Å². The number of pyridine rings is 1. The van der Waals surface area contributed by atoms with Crippen molar-refractivity contribution in [3.05, 3.63) is 61.4 Å². The van der Waals surface area contributed by atoms with Crippen molar-refractivity contribution in [2.45, 2.75) is 33.0 Å². The average Bonchev–Trinajstić information content (AvgIpc) is 2.75. The van der Waals surface area contributed by atoms with Gasteiger partial charge in [-0.2, -0.15) is 13.2 Å². The van der Waals surface area contributed by atoms with Crippen molar-refractivity contribution < 1.29 is 22.7 Å². The number of hydrogen-bond acceptors (Lipinski definition) is 5. The maximum atomic E-state index is 13.2. The number of carbonyl (C=O) groups excluding carboxylic acids is 1. The van der Waals surface area contributed by atoms with Crippen molar-refractivity contribution in [2.75, 3.05) is 11.9 Å². The maximum absolute atomic E-state index is 13.2. The van der Waals surface area contributed by atoms with E-state index in [9.17, 15) is 27.6 Å². The third-order valence-corrected chi connectivity index (χ3v) is 5.25. The largest absolute Gasteiger partial charge is 0.493 e. The molecule has 33 heavy (non-hydrogen) atoms. The fraction of sp³-hybridized carbons (Fsp3) is 0.333. The number of benzene rings is 1. The van der Waals surface area contributed by atoms with Gasteiger partial charge in [-0.05, 0) is 31.5 Å². The first-order valence-electron chi connectivity index (χ1n) is 9.90. The normalized spacial score (nSPS) is 11.6. The number of anilines is 1. The molecule has 1 N–H and O–H groups in total. The van der Waals surface area contributed by atoms with Gasteiger partial charge in [-0.15, -0.1) is 0 Å². The summed E-state index contributed by atoms with van der Waals surface area (Å²) in [6.45, 7) is 3.08. The summed E-state index contributed by atoms with van der Waals surface area (Å²) in [6, 6.07) is 2.44. The van der Waals surface area contributed by atoms with Gasteiger partial charge in [0.15, 0.2) is 5.65 Å². The lowest BCUT2D eigenvalue weighted by Crippen LogP contribution is -2.42. The van der Waals surface area contributed by atoms with Gasteiger partial charge in [0.05, 0.1) is 22.9 Å². The molecule has 0 bridgehead atoms. The van der Waals surface area contributed by atoms with Crippen LogP contribution in [0.1, 0.15) is 25.0 Å². The van der Waals surface area contributed by atoms with E-state index < -0.39 is 35.4 Å². The van der Waals surface area contributed by atoms with E-state index >= 15 is 0 Å². The molecule has 2 aromatic heterocycles. The van der Waals surface area contributed by atoms with Gasteiger partial charge in [-0.3, -0.25) is 14.2 Å². The second-order valence-electron chi connectivity index (χ2n) is 7.07. The van der Waals surface area contributed by atoms with E-state index in [2.05, 4.69) is 10.3 Å². The average molecular weight is 485 g/mol. The first-order valence-corrected chi connectivity index (χ1v) is 10.3. The molecule has 3 aromatic rings. The van der Waals surface area contributed by atoms with Crippen molar-refractivity contribution in [1.29, 1.82) is 0 Å². The molecule has 0 unspecified atom stereocenters. The number of amides is 1. The van der Waals surface area contributed by atoms with Crippen LogP contribution in [0.15, 0.2) is 34.0 Å². The molecule has 0 saturated carbocycles. The lowest BCUT2D eigenvalue weighted by Gasteiger charge is -2.15. The molecular weight excluding hydrogens is 465 g/mol. The lowest BCUT2D eigenvalue weighted by atomic mass is 10.1. The van der Waals surface area contributed by atoms with Crippen LogP contribution in [0, 0.1) is 0 Å². The summed E-state index contributed by atoms with van der Waals surface area (Å²) in [5, 5.41) is 2.13. The molecule has 176 valence electrons. The minimum absolute atomic E-state index is 0.0307. The van der Waals surface area contributed by atoms with Crippen LogP contribution in [0.3, 0.4) is 0 Å². The summed E-state index contributed by atoms with van der Waals surface area (Å²) in [4.78, 5) is 42.7. The van der Waals surface area contributed by atoms with Crippen LogP contribution < -0.4 is 21.3 Å². The van der Waals surface area contributed by atoms with Gasteiger partial charge in [0.2, 0.25) is 5.91 Å². The molecule has 0 aliphatic carbocycles. The topological polar surface area (TPSA) is 95.2 Å². The molecule has 3 rings (SSSR count). The zero-order chi connectivity index (χ0) is 24.5. The number of carbonyl (C=O) groups is 1. The number of alkyl halides is 3. The standard InChI is InChI=1S/C21H20ClF3N4O4/c1-4-11-9-26-18-16(17(11)33-5-2)19(31)29(20(32)28(18)3)10-15(30)27-14-8-12(21(23,24)25)6-7-13(14)22/h6-9H,4-5,10H2,1-3H3,(H,27,30). The molecule has 2 heterocycles. The van der Waals surface area contributed by atoms with Crippen LogP contribution in [-0.4, -0.2) is 26.6 Å². The Labute approximate surface area is 190 Å². The summed E-state index contributed by atoms with van der Waals surface area (Å²) < 4.78 is 46.4. The Morgan fingerprint density at radius 1 is 1.24 bits per heavy atom. The van der Waals surface area contributed by atoms with E-state index in [0.717, 1.165) is 16.7 Å². The van der Waals surface area contributed by atoms with Gasteiger partial charge < -0.3 is 10.1 Å². The van der Waals surface area contributed by atoms with Crippen LogP contribution in [0.4, 0.5) is 18.9 Å². The molecule has 0 radical (unpaired) electrons. The SMILES string of the molecule is CCOc1c(CC)cnc2c1c(=O)n(CC(=O)Nc1cc(C(F)(F)F)ccc1Cl)c(=O)n2C. The minimum Gasteiger partial charge on any atom is -0.493 e. The third kappa shape index (κ3) is 4.72. The van der Waals surface area contributed by atoms with Crippen LogP contribution in [0.2, 0.25) is 5.02 Å². The van der Waals surface area contributed by atoms with E-state index in [0.29, 0.717) is 22.6 Å². The molecule has 0 aliphatic heterocycles. The lowest BCUT2D eigenvalue weighted by molar-refractivity contribution is -0.137. The Balaban J connectivity index is 2.07. The highest BCUT2D eigenvalue weighted by molar-refractivity contribution is 6.33. The number of aromatic nitrogens is 3. The third-order valence-electron chi connectivity index (χ3n) is 4.92. The monoisotopic (exact) mass is 484 g/mol. The van der Waals surface area contributed by atoms with Crippen molar-refractivity contribution in [3.63, 3.8) is 0 Å². The van der Waals surface area contributed by atoms with Crippen LogP contribution in [0.5, 0.6) is 5.75 Å². The van der Waals surface area contributed by atoms with E-state index in [-0.39, 0.29) is 34.1 Å². The van der Waals surface area contributed by atoms with Crippen molar-refractivity contribution in [3.8, 4) is 5.75 Å². The van der Waals surface area contributed by atoms with Gasteiger partial charge in [-0.1, -0.05) is 18.5 Å². The van der Waals surface area contributed by atoms with E-state index in [1.54, 1.807) is 6.92 Å². The minimum atomic E-state index is -4.64. The molecule has 12 heteroatoms. The van der Waals surface area contributed by atoms with Gasteiger partial charge in [0.25, 0.3) is 5.56 Å². The highest BCUT2D eigenvalue weighted by Crippen LogP contribution is 2.33. The molecule has 1 amide bonds. The molecule has 8 nitrogen and oxygen atoms in total. The number of nitrogens with one attached hydrogen (secondary N) is 1. The highest BCUT2D eigenvalue weighted by Gasteiger charge is 2.31. The molecule has 0 fully saturated rings. The van der Waals surface area contributed by atoms with Crippen LogP contribution in [0.25, 0.3) is 11.0 Å². The predicted molar refractivity (Wildman–Crippen MR) is 117 cm³/mol. The van der Waals surface area contributed by atoms with Crippen LogP contribution in [-0.2, 0) is 31.0 Å². The summed E-state index contributed by atoms with van der Waals surface area (Å²) in [6.07, 6.45) is -2.62. The van der Waals surface area contributed by atoms with Gasteiger partial charge in [0, 0.05) is 18.8 Å². The van der Waals surface area contributed by atoms with E-state index in [1.165, 1.54) is 13.2 Å².